The molecule has 0 saturated heterocycles. The molecule has 0 aliphatic carbocycles. The van der Waals surface area contributed by atoms with Crippen LogP contribution < -0.4 is 5.79 Å². The van der Waals surface area contributed by atoms with E-state index >= 15 is 0 Å². The summed E-state index contributed by atoms with van der Waals surface area (Å²) in [5.74, 6) is 0. The van der Waals surface area contributed by atoms with Gasteiger partial charge >= 0.3 is 272 Å². The van der Waals surface area contributed by atoms with Gasteiger partial charge in [-0.25, -0.2) is 0 Å². The van der Waals surface area contributed by atoms with Crippen LogP contribution in [0.1, 0.15) is 362 Å². The van der Waals surface area contributed by atoms with Crippen molar-refractivity contribution in [3.63, 3.8) is 0 Å². The fourth-order valence-electron chi connectivity index (χ4n) is 16.1. The minimum absolute atomic E-state index is 0. The molecule has 2 nitrogen and oxygen atoms in total. The van der Waals surface area contributed by atoms with Gasteiger partial charge in [-0.05, 0) is 187 Å². The predicted molar refractivity (Wildman–Crippen MR) is 661 cm³/mol. The van der Waals surface area contributed by atoms with E-state index in [-0.39, 0.29) is 14.9 Å². The van der Waals surface area contributed by atoms with Crippen LogP contribution in [0.2, 0.25) is 29.6 Å². The standard InChI is InChI=1S/C34H44N2S2.2C16H22S2.2C16H21S2.C8H17Br.C8H6S2.2CH4.6CH3.2Sn/c1-3-5-7-9-11-13-15-29-17-19-33(37-29)27-21-23-35-31(25-27)32-26-28(22-24-36-32)34-20-18-30(38-34)16-14-12-10-8-6-4-2;4*1-2-3-4-5-6-7-9-14-11-12-16(18-14)15-10-8-13-17-15;1-2-3-4-5-6-7-8-9;1-3-7(9-5-1)8-4-2-6-10-8;;;;;;;;;;/h17-26H,3-16H2,1-2H3;2*8,10-13H,2-7,9H2,1H3;2*8,10-12H,2-7,9H2,1H3;2-8H2,1H3;1-6H;2*1H4;6*1H3;;. The summed E-state index contributed by atoms with van der Waals surface area (Å²) in [6.07, 6.45) is 69.2. The molecule has 764 valence electrons. The number of pyridine rings is 2. The normalized spacial score (nSPS) is 11.1. The largest absolute Gasteiger partial charge is 0.255 e. The summed E-state index contributed by atoms with van der Waals surface area (Å²) < 4.78 is 3.38. The summed E-state index contributed by atoms with van der Waals surface area (Å²) in [5, 5.41) is 9.70. The molecule has 0 radical (unpaired) electrons. The second-order valence-electron chi connectivity index (χ2n) is 38.8. The number of thiophene rings is 12. The number of hydrogen-bond acceptors (Lipinski definition) is 14. The molecule has 14 aromatic rings. The van der Waals surface area contributed by atoms with Crippen LogP contribution in [0.5, 0.6) is 0 Å². The zero-order valence-electron chi connectivity index (χ0n) is 86.4. The first-order chi connectivity index (χ1) is 66.9. The molecule has 17 heteroatoms. The number of rotatable bonds is 58. The van der Waals surface area contributed by atoms with Gasteiger partial charge in [0.05, 0.1) is 11.4 Å². The molecule has 14 rings (SSSR count). The summed E-state index contributed by atoms with van der Waals surface area (Å²) in [6, 6.07) is 63.0. The topological polar surface area (TPSA) is 25.8 Å². The SMILES string of the molecule is C.C.CCCCCCCCBr.CCCCCCCCc1ccc(-c2cc[c]([Sn]([CH3])([CH3])[CH3])s2)s1.CCCCCCCCc1ccc(-c2cc[c]([Sn]([CH3])([CH3])[CH3])s2)s1.CCCCCCCCc1ccc(-c2cccs2)s1.CCCCCCCCc1ccc(-c2cccs2)s1.CCCCCCCCc1ccc(-c2ccnc(-c3cc(-c4ccc(CCCCCCCC)s4)ccn3)c2)s1.c1csc(-c2cccs2)c1. The maximum Gasteiger partial charge on any atom is 0.0892 e. The molecule has 14 aromatic heterocycles. The third-order valence-electron chi connectivity index (χ3n) is 24.5. The molecule has 0 atom stereocenters. The van der Waals surface area contributed by atoms with Gasteiger partial charge in [0.1, 0.15) is 0 Å². The van der Waals surface area contributed by atoms with Crippen LogP contribution in [0.25, 0.3) is 81.0 Å². The van der Waals surface area contributed by atoms with E-state index in [4.69, 9.17) is 0 Å². The van der Waals surface area contributed by atoms with Crippen LogP contribution in [0.3, 0.4) is 0 Å². The van der Waals surface area contributed by atoms with E-state index in [9.17, 15) is 0 Å². The van der Waals surface area contributed by atoms with E-state index in [2.05, 4.69) is 295 Å². The summed E-state index contributed by atoms with van der Waals surface area (Å²) >= 11 is 22.8. The minimum atomic E-state index is -1.88. The van der Waals surface area contributed by atoms with Gasteiger partial charge < -0.3 is 0 Å². The van der Waals surface area contributed by atoms with Gasteiger partial charge in [-0.1, -0.05) is 277 Å². The van der Waals surface area contributed by atoms with Gasteiger partial charge in [0.2, 0.25) is 0 Å². The number of hydrogen-bond donors (Lipinski definition) is 0. The number of aryl methyl sites for hydroxylation is 6. The van der Waals surface area contributed by atoms with E-state index < -0.39 is 36.8 Å². The minimum Gasteiger partial charge on any atom is -0.255 e. The Balaban J connectivity index is 0.000000259. The van der Waals surface area contributed by atoms with Crippen molar-refractivity contribution < 1.29 is 0 Å². The van der Waals surface area contributed by atoms with Gasteiger partial charge in [-0.3, -0.25) is 9.97 Å². The van der Waals surface area contributed by atoms with Crippen LogP contribution in [0.15, 0.2) is 204 Å². The number of nitrogens with zero attached hydrogens (tertiary/aromatic N) is 2. The van der Waals surface area contributed by atoms with Crippen molar-refractivity contribution in [1.29, 1.82) is 0 Å². The van der Waals surface area contributed by atoms with E-state index in [0.29, 0.717) is 0 Å². The molecular formula is C122H179BrN2S12Sn2. The maximum atomic E-state index is 4.68. The van der Waals surface area contributed by atoms with Crippen molar-refractivity contribution in [3.05, 3.63) is 233 Å². The summed E-state index contributed by atoms with van der Waals surface area (Å²) in [7, 11) is 0. The Morgan fingerprint density at radius 2 is 0.417 bits per heavy atom. The van der Waals surface area contributed by atoms with E-state index in [1.54, 1.807) is 48.0 Å². The van der Waals surface area contributed by atoms with Crippen molar-refractivity contribution >= 4 is 195 Å². The smallest absolute Gasteiger partial charge is 0.0892 e. The molecule has 0 N–H and O–H groups in total. The van der Waals surface area contributed by atoms with Crippen molar-refractivity contribution in [3.8, 4) is 81.0 Å². The number of unbranched alkanes of at least 4 members (excludes halogenated alkanes) is 35. The molecule has 139 heavy (non-hydrogen) atoms. The average molecular weight is 2380 g/mol. The van der Waals surface area contributed by atoms with Crippen molar-refractivity contribution in [2.75, 3.05) is 5.33 Å². The molecule has 0 amide bonds. The fraction of sp³-hybridized carbons (Fsp3) is 0.525. The van der Waals surface area contributed by atoms with Crippen molar-refractivity contribution in [1.82, 2.24) is 9.97 Å². The first kappa shape index (κ1) is 124. The summed E-state index contributed by atoms with van der Waals surface area (Å²) in [6.45, 7) is 15.9. The number of aromatic nitrogens is 2. The number of halogens is 1. The first-order valence-corrected chi connectivity index (χ1v) is 84.5. The predicted octanol–water partition coefficient (Wildman–Crippen LogP) is 46.5. The maximum absolute atomic E-state index is 4.68. The monoisotopic (exact) mass is 2370 g/mol. The van der Waals surface area contributed by atoms with Gasteiger partial charge in [0.25, 0.3) is 0 Å². The molecule has 0 saturated carbocycles. The molecule has 0 aromatic carbocycles. The Morgan fingerprint density at radius 1 is 0.216 bits per heavy atom. The van der Waals surface area contributed by atoms with Gasteiger partial charge in [0, 0.05) is 76.2 Å². The van der Waals surface area contributed by atoms with E-state index in [0.717, 1.165) is 11.4 Å². The third kappa shape index (κ3) is 51.5. The Labute approximate surface area is 914 Å². The van der Waals surface area contributed by atoms with Crippen LogP contribution in [0.4, 0.5) is 0 Å². The average Bonchev–Trinajstić information content (AvgIpc) is 1.65. The molecular weight excluding hydrogens is 2200 g/mol. The Hall–Kier alpha value is -3.22. The first-order valence-electron chi connectivity index (χ1n) is 53.3. The second kappa shape index (κ2) is 76.3. The van der Waals surface area contributed by atoms with Crippen molar-refractivity contribution in [2.24, 2.45) is 0 Å². The molecule has 0 spiro atoms. The Bertz CT molecular complexity index is 4870. The molecule has 14 heterocycles. The van der Waals surface area contributed by atoms with Crippen molar-refractivity contribution in [2.45, 2.75) is 401 Å². The Kier molecular flexibility index (Phi) is 68.3. The zero-order chi connectivity index (χ0) is 97.4. The quantitative estimate of drug-likeness (QED) is 0.0216. The molecule has 0 unspecified atom stereocenters. The van der Waals surface area contributed by atoms with Gasteiger partial charge in [0.15, 0.2) is 0 Å². The summed E-state index contributed by atoms with van der Waals surface area (Å²) in [4.78, 5) is 50.6. The van der Waals surface area contributed by atoms with Crippen LogP contribution >= 0.6 is 152 Å². The molecule has 0 bridgehead atoms. The van der Waals surface area contributed by atoms with Gasteiger partial charge in [-0.2, -0.15) is 0 Å². The van der Waals surface area contributed by atoms with E-state index in [1.165, 1.54) is 393 Å². The van der Waals surface area contributed by atoms with E-state index in [1.807, 2.05) is 126 Å². The van der Waals surface area contributed by atoms with Crippen LogP contribution in [-0.2, 0) is 38.5 Å². The third-order valence-corrected chi connectivity index (χ3v) is 57.6. The second-order valence-corrected chi connectivity index (χ2v) is 83.3. The molecule has 0 fully saturated rings. The fourth-order valence-corrected chi connectivity index (χ4v) is 38.8. The van der Waals surface area contributed by atoms with Crippen LogP contribution in [-0.4, -0.2) is 52.1 Å². The molecule has 0 aliphatic rings. The van der Waals surface area contributed by atoms with Crippen LogP contribution in [0, 0.1) is 0 Å². The number of alkyl halides is 1. The Morgan fingerprint density at radius 3 is 0.640 bits per heavy atom. The summed E-state index contributed by atoms with van der Waals surface area (Å²) in [5.41, 5.74) is 4.36. The molecule has 0 aliphatic heterocycles. The zero-order valence-corrected chi connectivity index (χ0v) is 104. The van der Waals surface area contributed by atoms with Gasteiger partial charge in [-0.15, -0.1) is 90.7 Å².